The molecule has 1 aliphatic rings. The van der Waals surface area contributed by atoms with Crippen LogP contribution in [0.25, 0.3) is 5.65 Å². The van der Waals surface area contributed by atoms with Crippen molar-refractivity contribution in [3.05, 3.63) is 23.0 Å². The summed E-state index contributed by atoms with van der Waals surface area (Å²) in [6, 6.07) is 2.04. The molecule has 3 heterocycles. The lowest BCUT2D eigenvalue weighted by molar-refractivity contribution is 0.578. The molecular weight excluding hydrogens is 226 g/mol. The van der Waals surface area contributed by atoms with E-state index in [4.69, 9.17) is 0 Å². The van der Waals surface area contributed by atoms with Gasteiger partial charge in [-0.25, -0.2) is 4.98 Å². The highest BCUT2D eigenvalue weighted by Gasteiger charge is 2.19. The molecule has 0 amide bonds. The van der Waals surface area contributed by atoms with Crippen molar-refractivity contribution in [3.63, 3.8) is 0 Å². The number of hydrogen-bond donors (Lipinski definition) is 1. The summed E-state index contributed by atoms with van der Waals surface area (Å²) in [6.07, 6.45) is 0. The molecule has 0 atom stereocenters. The number of anilines is 1. The Morgan fingerprint density at radius 1 is 1.17 bits per heavy atom. The molecule has 0 aliphatic carbocycles. The average Bonchev–Trinajstić information content (AvgIpc) is 2.71. The van der Waals surface area contributed by atoms with Gasteiger partial charge in [0.25, 0.3) is 0 Å². The largest absolute Gasteiger partial charge is 0.354 e. The van der Waals surface area contributed by atoms with Gasteiger partial charge < -0.3 is 10.2 Å². The van der Waals surface area contributed by atoms with Crippen molar-refractivity contribution in [2.45, 2.75) is 20.8 Å². The number of aryl methyl sites for hydroxylation is 2. The van der Waals surface area contributed by atoms with E-state index in [-0.39, 0.29) is 0 Å². The Bertz CT molecular complexity index is 581. The fraction of sp³-hybridized carbons (Fsp3) is 0.538. The molecule has 1 saturated heterocycles. The van der Waals surface area contributed by atoms with E-state index >= 15 is 0 Å². The normalized spacial score (nSPS) is 16.5. The minimum atomic E-state index is 0.948. The molecule has 2 aromatic rings. The van der Waals surface area contributed by atoms with Crippen LogP contribution in [-0.2, 0) is 0 Å². The van der Waals surface area contributed by atoms with Gasteiger partial charge in [-0.3, -0.25) is 0 Å². The zero-order chi connectivity index (χ0) is 12.7. The van der Waals surface area contributed by atoms with E-state index < -0.39 is 0 Å². The summed E-state index contributed by atoms with van der Waals surface area (Å²) < 4.78 is 1.99. The molecule has 1 fully saturated rings. The molecule has 1 aliphatic heterocycles. The lowest BCUT2D eigenvalue weighted by atomic mass is 10.2. The van der Waals surface area contributed by atoms with Gasteiger partial charge in [0.15, 0.2) is 5.65 Å². The Balaban J connectivity index is 2.20. The van der Waals surface area contributed by atoms with Crippen LogP contribution in [0.2, 0.25) is 0 Å². The quantitative estimate of drug-likeness (QED) is 0.816. The molecular formula is C13H19N5. The van der Waals surface area contributed by atoms with Crippen LogP contribution < -0.4 is 10.2 Å². The number of hydrogen-bond acceptors (Lipinski definition) is 4. The van der Waals surface area contributed by atoms with Crippen molar-refractivity contribution >= 4 is 11.5 Å². The molecule has 0 spiro atoms. The van der Waals surface area contributed by atoms with Gasteiger partial charge in [0, 0.05) is 43.5 Å². The van der Waals surface area contributed by atoms with Gasteiger partial charge >= 0.3 is 0 Å². The number of rotatable bonds is 1. The Morgan fingerprint density at radius 2 is 1.89 bits per heavy atom. The second kappa shape index (κ2) is 4.24. The summed E-state index contributed by atoms with van der Waals surface area (Å²) in [4.78, 5) is 7.01. The predicted octanol–water partition coefficient (Wildman–Crippen LogP) is 1.06. The van der Waals surface area contributed by atoms with Gasteiger partial charge in [-0.1, -0.05) is 0 Å². The predicted molar refractivity (Wildman–Crippen MR) is 72.3 cm³/mol. The summed E-state index contributed by atoms with van der Waals surface area (Å²) >= 11 is 0. The van der Waals surface area contributed by atoms with Crippen molar-refractivity contribution in [1.82, 2.24) is 19.9 Å². The topological polar surface area (TPSA) is 45.5 Å². The second-order valence-corrected chi connectivity index (χ2v) is 4.94. The van der Waals surface area contributed by atoms with Crippen LogP contribution in [0.4, 0.5) is 5.82 Å². The van der Waals surface area contributed by atoms with Gasteiger partial charge in [0.2, 0.25) is 0 Å². The monoisotopic (exact) mass is 245 g/mol. The second-order valence-electron chi connectivity index (χ2n) is 4.94. The molecule has 5 heteroatoms. The smallest absolute Gasteiger partial charge is 0.157 e. The third-order valence-corrected chi connectivity index (χ3v) is 3.59. The van der Waals surface area contributed by atoms with Gasteiger partial charge in [0.05, 0.1) is 5.69 Å². The maximum Gasteiger partial charge on any atom is 0.157 e. The molecule has 0 unspecified atom stereocenters. The highest BCUT2D eigenvalue weighted by atomic mass is 15.4. The maximum atomic E-state index is 4.61. The first kappa shape index (κ1) is 11.5. The standard InChI is InChI=1S/C13H19N5/c1-9-8-12-15-11(3)10(2)13(18(12)16-9)17-6-4-14-5-7-17/h8,14H,4-7H2,1-3H3. The molecule has 96 valence electrons. The van der Waals surface area contributed by atoms with Crippen LogP contribution >= 0.6 is 0 Å². The van der Waals surface area contributed by atoms with E-state index in [0.717, 1.165) is 43.2 Å². The Morgan fingerprint density at radius 3 is 2.61 bits per heavy atom. The van der Waals surface area contributed by atoms with E-state index in [0.29, 0.717) is 0 Å². The molecule has 3 rings (SSSR count). The first-order valence-electron chi connectivity index (χ1n) is 6.46. The summed E-state index contributed by atoms with van der Waals surface area (Å²) in [6.45, 7) is 10.3. The Labute approximate surface area is 107 Å². The third kappa shape index (κ3) is 1.75. The molecule has 18 heavy (non-hydrogen) atoms. The highest BCUT2D eigenvalue weighted by molar-refractivity contribution is 5.57. The summed E-state index contributed by atoms with van der Waals surface area (Å²) in [5.41, 5.74) is 4.29. The van der Waals surface area contributed by atoms with Crippen molar-refractivity contribution < 1.29 is 0 Å². The molecule has 2 aromatic heterocycles. The number of nitrogens with zero attached hydrogens (tertiary/aromatic N) is 4. The van der Waals surface area contributed by atoms with Gasteiger partial charge in [-0.05, 0) is 20.8 Å². The van der Waals surface area contributed by atoms with Crippen molar-refractivity contribution in [2.75, 3.05) is 31.1 Å². The van der Waals surface area contributed by atoms with E-state index in [1.807, 2.05) is 17.5 Å². The van der Waals surface area contributed by atoms with E-state index in [1.165, 1.54) is 11.4 Å². The fourth-order valence-corrected chi connectivity index (χ4v) is 2.55. The Kier molecular flexibility index (Phi) is 2.70. The summed E-state index contributed by atoms with van der Waals surface area (Å²) in [5, 5.41) is 7.97. The molecule has 5 nitrogen and oxygen atoms in total. The lowest BCUT2D eigenvalue weighted by Crippen LogP contribution is -2.44. The van der Waals surface area contributed by atoms with Crippen LogP contribution in [0.15, 0.2) is 6.07 Å². The SMILES string of the molecule is Cc1cc2nc(C)c(C)c(N3CCNCC3)n2n1. The molecule has 1 N–H and O–H groups in total. The van der Waals surface area contributed by atoms with Crippen LogP contribution in [-0.4, -0.2) is 40.8 Å². The zero-order valence-electron chi connectivity index (χ0n) is 11.2. The van der Waals surface area contributed by atoms with Crippen LogP contribution in [0.5, 0.6) is 0 Å². The van der Waals surface area contributed by atoms with Crippen molar-refractivity contribution in [1.29, 1.82) is 0 Å². The van der Waals surface area contributed by atoms with Crippen molar-refractivity contribution in [3.8, 4) is 0 Å². The molecule has 0 aromatic carbocycles. The minimum Gasteiger partial charge on any atom is -0.354 e. The molecule has 0 radical (unpaired) electrons. The highest BCUT2D eigenvalue weighted by Crippen LogP contribution is 2.23. The first-order valence-corrected chi connectivity index (χ1v) is 6.46. The van der Waals surface area contributed by atoms with E-state index in [9.17, 15) is 0 Å². The number of aromatic nitrogens is 3. The third-order valence-electron chi connectivity index (χ3n) is 3.59. The van der Waals surface area contributed by atoms with Crippen molar-refractivity contribution in [2.24, 2.45) is 0 Å². The number of fused-ring (bicyclic) bond motifs is 1. The number of nitrogens with one attached hydrogen (secondary N) is 1. The van der Waals surface area contributed by atoms with Crippen LogP contribution in [0, 0.1) is 20.8 Å². The van der Waals surface area contributed by atoms with Crippen LogP contribution in [0.1, 0.15) is 17.0 Å². The first-order chi connectivity index (χ1) is 8.66. The maximum absolute atomic E-state index is 4.61. The Hall–Kier alpha value is -1.62. The van der Waals surface area contributed by atoms with Gasteiger partial charge in [-0.15, -0.1) is 0 Å². The fourth-order valence-electron chi connectivity index (χ4n) is 2.55. The van der Waals surface area contributed by atoms with E-state index in [2.05, 4.69) is 34.1 Å². The molecule has 0 bridgehead atoms. The van der Waals surface area contributed by atoms with E-state index in [1.54, 1.807) is 0 Å². The van der Waals surface area contributed by atoms with Gasteiger partial charge in [0.1, 0.15) is 5.82 Å². The lowest BCUT2D eigenvalue weighted by Gasteiger charge is -2.31. The summed E-state index contributed by atoms with van der Waals surface area (Å²) in [7, 11) is 0. The number of piperazine rings is 1. The minimum absolute atomic E-state index is 0.948. The summed E-state index contributed by atoms with van der Waals surface area (Å²) in [5.74, 6) is 1.20. The van der Waals surface area contributed by atoms with Gasteiger partial charge in [-0.2, -0.15) is 9.61 Å². The van der Waals surface area contributed by atoms with Crippen LogP contribution in [0.3, 0.4) is 0 Å². The average molecular weight is 245 g/mol. The zero-order valence-corrected chi connectivity index (χ0v) is 11.2. The molecule has 0 saturated carbocycles.